The Balaban J connectivity index is 1.47. The van der Waals surface area contributed by atoms with Gasteiger partial charge in [-0.3, -0.25) is 15.2 Å². The molecule has 2 unspecified atom stereocenters. The summed E-state index contributed by atoms with van der Waals surface area (Å²) in [6.07, 6.45) is -3.42. The van der Waals surface area contributed by atoms with Crippen LogP contribution in [-0.2, 0) is 0 Å². The van der Waals surface area contributed by atoms with E-state index in [1.807, 2.05) is 11.9 Å². The zero-order chi connectivity index (χ0) is 29.0. The molecule has 10 nitrogen and oxygen atoms in total. The Morgan fingerprint density at radius 3 is 2.73 bits per heavy atom. The van der Waals surface area contributed by atoms with E-state index in [1.54, 1.807) is 6.92 Å². The smallest absolute Gasteiger partial charge is 0.405 e. The molecule has 1 aromatic rings. The van der Waals surface area contributed by atoms with E-state index in [2.05, 4.69) is 31.7 Å². The highest BCUT2D eigenvalue weighted by molar-refractivity contribution is 6.66. The lowest BCUT2D eigenvalue weighted by molar-refractivity contribution is -0.196. The number of hydrogen-bond donors (Lipinski definition) is 1. The van der Waals surface area contributed by atoms with Crippen molar-refractivity contribution in [3.05, 3.63) is 36.2 Å². The first-order valence-electron chi connectivity index (χ1n) is 12.2. The van der Waals surface area contributed by atoms with E-state index < -0.39 is 42.9 Å². The predicted molar refractivity (Wildman–Crippen MR) is 135 cm³/mol. The Bertz CT molecular complexity index is 1310. The number of halogens is 6. The minimum Gasteiger partial charge on any atom is -0.473 e. The number of hydrazone groups is 1. The summed E-state index contributed by atoms with van der Waals surface area (Å²) in [4.78, 5) is 24.7. The van der Waals surface area contributed by atoms with Crippen molar-refractivity contribution < 1.29 is 36.2 Å². The zero-order valence-corrected chi connectivity index (χ0v) is 22.1. The van der Waals surface area contributed by atoms with Gasteiger partial charge in [0.25, 0.3) is 0 Å². The number of anilines is 1. The first kappa shape index (κ1) is 28.1. The number of alkyl halides is 5. The Hall–Kier alpha value is -3.46. The Morgan fingerprint density at radius 2 is 2.10 bits per heavy atom. The number of allylic oxidation sites excluding steroid dienone is 1. The van der Waals surface area contributed by atoms with Crippen LogP contribution < -0.4 is 14.8 Å². The highest BCUT2D eigenvalue weighted by Gasteiger charge is 2.65. The lowest BCUT2D eigenvalue weighted by Crippen LogP contribution is -2.47. The van der Waals surface area contributed by atoms with Crippen LogP contribution in [0, 0.1) is 11.3 Å². The fourth-order valence-corrected chi connectivity index (χ4v) is 5.32. The number of rotatable bonds is 6. The number of urea groups is 1. The summed E-state index contributed by atoms with van der Waals surface area (Å²) in [5.41, 5.74) is -3.20. The van der Waals surface area contributed by atoms with Crippen molar-refractivity contribution in [1.29, 1.82) is 0 Å². The van der Waals surface area contributed by atoms with Crippen molar-refractivity contribution in [1.82, 2.24) is 19.8 Å². The van der Waals surface area contributed by atoms with E-state index in [0.717, 1.165) is 34.7 Å². The first-order valence-corrected chi connectivity index (χ1v) is 12.6. The maximum absolute atomic E-state index is 14.6. The second-order valence-corrected chi connectivity index (χ2v) is 10.3. The number of hydrogen-bond acceptors (Lipinski definition) is 8. The van der Waals surface area contributed by atoms with Crippen LogP contribution in [0.3, 0.4) is 0 Å². The van der Waals surface area contributed by atoms with Crippen molar-refractivity contribution in [2.45, 2.75) is 38.4 Å². The van der Waals surface area contributed by atoms with Crippen LogP contribution in [0.1, 0.15) is 13.3 Å². The number of carbonyl (C=O) groups is 1. The Morgan fingerprint density at radius 1 is 1.35 bits per heavy atom. The van der Waals surface area contributed by atoms with Crippen LogP contribution in [0.5, 0.6) is 11.6 Å². The number of nitrogens with one attached hydrogen (secondary N) is 1. The molecule has 1 aromatic heterocycles. The van der Waals surface area contributed by atoms with Gasteiger partial charge in [0, 0.05) is 31.4 Å². The summed E-state index contributed by atoms with van der Waals surface area (Å²) >= 11 is 6.14. The average Bonchev–Trinajstić information content (AvgIpc) is 3.52. The molecule has 0 radical (unpaired) electrons. The second-order valence-electron chi connectivity index (χ2n) is 9.87. The van der Waals surface area contributed by atoms with Gasteiger partial charge in [0.05, 0.1) is 23.9 Å². The molecule has 0 aliphatic carbocycles. The van der Waals surface area contributed by atoms with Crippen molar-refractivity contribution >= 4 is 34.8 Å². The summed E-state index contributed by atoms with van der Waals surface area (Å²) in [5, 5.41) is 7.61. The minimum absolute atomic E-state index is 0.0694. The minimum atomic E-state index is -4.87. The largest absolute Gasteiger partial charge is 0.473 e. The van der Waals surface area contributed by atoms with Crippen LogP contribution in [0.4, 0.5) is 32.6 Å². The van der Waals surface area contributed by atoms with Crippen molar-refractivity contribution in [3.63, 3.8) is 0 Å². The van der Waals surface area contributed by atoms with Gasteiger partial charge in [0.15, 0.2) is 6.17 Å². The standard InChI is InChI=1S/C24H25ClF5N7O3/c1-4-23(24(28,29)30)11-36(15-9-31-20-12(2)19(25)34-37(20)18(15)23)22(38)33-16-7-14(40-21(26)27)8-17(32-16)39-13-5-6-35(3)10-13/h4,7-9,12-13,20-21H,1,5-6,10-11H2,2-3H3,(H,32,33,38)/t12?,13-,20?,23+/m0/s1. The summed E-state index contributed by atoms with van der Waals surface area (Å²) in [7, 11) is 1.89. The van der Waals surface area contributed by atoms with Crippen LogP contribution in [-0.4, -0.2) is 88.9 Å². The number of ether oxygens (including phenoxy) is 2. The van der Waals surface area contributed by atoms with E-state index in [4.69, 9.17) is 16.3 Å². The number of aromatic nitrogens is 1. The molecule has 0 aromatic carbocycles. The summed E-state index contributed by atoms with van der Waals surface area (Å²) in [6.45, 7) is 2.36. The highest BCUT2D eigenvalue weighted by Crippen LogP contribution is 2.55. The third-order valence-corrected chi connectivity index (χ3v) is 7.61. The van der Waals surface area contributed by atoms with Crippen LogP contribution >= 0.6 is 11.6 Å². The van der Waals surface area contributed by atoms with Gasteiger partial charge in [0.2, 0.25) is 5.88 Å². The van der Waals surface area contributed by atoms with Gasteiger partial charge >= 0.3 is 18.8 Å². The fourth-order valence-electron chi connectivity index (χ4n) is 5.13. The summed E-state index contributed by atoms with van der Waals surface area (Å²) < 4.78 is 80.1. The lowest BCUT2D eigenvalue weighted by atomic mass is 9.84. The number of nitrogens with zero attached hydrogens (tertiary/aromatic N) is 6. The maximum Gasteiger partial charge on any atom is 0.405 e. The van der Waals surface area contributed by atoms with E-state index in [0.29, 0.717) is 13.0 Å². The number of aliphatic imine (C=N–C) groups is 1. The molecular formula is C24H25ClF5N7O3. The van der Waals surface area contributed by atoms with Gasteiger partial charge in [-0.25, -0.2) is 9.80 Å². The quantitative estimate of drug-likeness (QED) is 0.389. The first-order chi connectivity index (χ1) is 18.8. The molecule has 0 bridgehead atoms. The van der Waals surface area contributed by atoms with E-state index in [9.17, 15) is 26.7 Å². The summed E-state index contributed by atoms with van der Waals surface area (Å²) in [6, 6.07) is 1.14. The molecule has 40 heavy (non-hydrogen) atoms. The molecule has 4 atom stereocenters. The average molecular weight is 590 g/mol. The number of likely N-dealkylation sites (tertiary alicyclic amines) is 1. The van der Waals surface area contributed by atoms with E-state index in [1.165, 1.54) is 6.21 Å². The number of carbonyl (C=O) groups excluding carboxylic acids is 1. The predicted octanol–water partition coefficient (Wildman–Crippen LogP) is 4.47. The molecule has 1 N–H and O–H groups in total. The van der Waals surface area contributed by atoms with Crippen LogP contribution in [0.25, 0.3) is 0 Å². The van der Waals surface area contributed by atoms with Crippen LogP contribution in [0.15, 0.2) is 46.3 Å². The monoisotopic (exact) mass is 589 g/mol. The molecule has 2 amide bonds. The maximum atomic E-state index is 14.6. The Labute approximate surface area is 230 Å². The normalized spacial score (nSPS) is 28.1. The topological polar surface area (TPSA) is 94.9 Å². The van der Waals surface area contributed by atoms with Gasteiger partial charge in [-0.15, -0.1) is 6.58 Å². The van der Waals surface area contributed by atoms with Gasteiger partial charge in [0.1, 0.15) is 28.3 Å². The second kappa shape index (κ2) is 10.2. The lowest BCUT2D eigenvalue weighted by Gasteiger charge is -2.36. The number of pyridine rings is 1. The van der Waals surface area contributed by atoms with E-state index in [-0.39, 0.29) is 40.1 Å². The molecule has 0 saturated carbocycles. The SMILES string of the molecule is C=C[C@@]1(C(F)(F)F)CN(C(=O)Nc2cc(OC(F)F)cc(O[C@H]3CCN(C)C3)n2)C2=C1N1N=C(Cl)C(C)C1N=C2. The summed E-state index contributed by atoms with van der Waals surface area (Å²) in [5.74, 6) is -1.19. The number of amides is 2. The molecule has 4 aliphatic heterocycles. The van der Waals surface area contributed by atoms with Gasteiger partial charge in [-0.2, -0.15) is 32.0 Å². The molecule has 1 fully saturated rings. The molecule has 16 heteroatoms. The molecule has 216 valence electrons. The molecular weight excluding hydrogens is 565 g/mol. The third-order valence-electron chi connectivity index (χ3n) is 7.19. The molecule has 4 aliphatic rings. The van der Waals surface area contributed by atoms with E-state index >= 15 is 0 Å². The Kier molecular flexibility index (Phi) is 7.15. The molecule has 0 spiro atoms. The van der Waals surface area contributed by atoms with Crippen LogP contribution in [0.2, 0.25) is 0 Å². The van der Waals surface area contributed by atoms with Gasteiger partial charge < -0.3 is 14.4 Å². The van der Waals surface area contributed by atoms with Gasteiger partial charge in [-0.1, -0.05) is 24.6 Å². The number of fused-ring (bicyclic) bond motifs is 2. The number of likely N-dealkylation sites (N-methyl/N-ethyl adjacent to an activating group) is 1. The zero-order valence-electron chi connectivity index (χ0n) is 21.3. The van der Waals surface area contributed by atoms with Crippen molar-refractivity contribution in [2.24, 2.45) is 21.4 Å². The van der Waals surface area contributed by atoms with Gasteiger partial charge in [-0.05, 0) is 13.5 Å². The highest BCUT2D eigenvalue weighted by atomic mass is 35.5. The van der Waals surface area contributed by atoms with Crippen molar-refractivity contribution in [2.75, 3.05) is 32.0 Å². The molecule has 5 heterocycles. The third kappa shape index (κ3) is 4.85. The molecule has 1 saturated heterocycles. The molecule has 5 rings (SSSR count). The fraction of sp³-hybridized carbons (Fsp3) is 0.500. The van der Waals surface area contributed by atoms with Crippen molar-refractivity contribution in [3.8, 4) is 11.6 Å².